The smallest absolute Gasteiger partial charge is 0.129 e. The molecule has 4 heteroatoms. The third-order valence-electron chi connectivity index (χ3n) is 2.53. The van der Waals surface area contributed by atoms with E-state index < -0.39 is 0 Å². The number of nitrogens with two attached hydrogens (primary N) is 1. The molecule has 0 aliphatic heterocycles. The van der Waals surface area contributed by atoms with Crippen LogP contribution in [-0.2, 0) is 0 Å². The Morgan fingerprint density at radius 3 is 2.88 bits per heavy atom. The van der Waals surface area contributed by atoms with Crippen LogP contribution in [0.2, 0.25) is 0 Å². The van der Waals surface area contributed by atoms with Gasteiger partial charge in [-0.25, -0.2) is 4.98 Å². The van der Waals surface area contributed by atoms with Crippen LogP contribution >= 0.6 is 0 Å². The van der Waals surface area contributed by atoms with Gasteiger partial charge in [-0.1, -0.05) is 0 Å². The van der Waals surface area contributed by atoms with Gasteiger partial charge in [0.1, 0.15) is 5.82 Å². The van der Waals surface area contributed by atoms with Crippen molar-refractivity contribution in [2.24, 2.45) is 0 Å². The maximum atomic E-state index is 8.86. The molecule has 0 bridgehead atoms. The predicted molar refractivity (Wildman–Crippen MR) is 66.5 cm³/mol. The minimum absolute atomic E-state index is 0.123. The van der Waals surface area contributed by atoms with Gasteiger partial charge in [-0.05, 0) is 30.3 Å². The van der Waals surface area contributed by atoms with Crippen molar-refractivity contribution in [2.75, 3.05) is 30.8 Å². The van der Waals surface area contributed by atoms with E-state index in [1.807, 2.05) is 42.3 Å². The van der Waals surface area contributed by atoms with Gasteiger partial charge < -0.3 is 15.7 Å². The van der Waals surface area contributed by atoms with E-state index in [9.17, 15) is 0 Å². The molecule has 0 aliphatic carbocycles. The van der Waals surface area contributed by atoms with Crippen LogP contribution < -0.4 is 10.6 Å². The minimum atomic E-state index is 0.123. The fourth-order valence-electron chi connectivity index (χ4n) is 1.61. The van der Waals surface area contributed by atoms with E-state index in [1.165, 1.54) is 0 Å². The number of hydrogen-bond acceptors (Lipinski definition) is 4. The number of aliphatic hydroxyl groups is 1. The number of anilines is 2. The highest BCUT2D eigenvalue weighted by Gasteiger charge is 2.03. The molecule has 0 amide bonds. The Balaban J connectivity index is 2.40. The second-order valence-electron chi connectivity index (χ2n) is 3.77. The number of nitrogen functional groups attached to an aromatic ring is 1. The molecule has 0 spiro atoms. The lowest BCUT2D eigenvalue weighted by atomic mass is 10.2. The minimum Gasteiger partial charge on any atom is -0.399 e. The summed E-state index contributed by atoms with van der Waals surface area (Å²) < 4.78 is 0. The van der Waals surface area contributed by atoms with Crippen LogP contribution in [0.15, 0.2) is 30.3 Å². The molecule has 0 aliphatic rings. The van der Waals surface area contributed by atoms with Crippen LogP contribution in [0.25, 0.3) is 10.9 Å². The van der Waals surface area contributed by atoms with Crippen LogP contribution in [0, 0.1) is 0 Å². The molecule has 84 valence electrons. The number of fused-ring (bicyclic) bond motifs is 1. The highest BCUT2D eigenvalue weighted by molar-refractivity contribution is 5.83. The monoisotopic (exact) mass is 217 g/mol. The van der Waals surface area contributed by atoms with Crippen LogP contribution in [0.4, 0.5) is 11.5 Å². The van der Waals surface area contributed by atoms with E-state index in [4.69, 9.17) is 10.8 Å². The summed E-state index contributed by atoms with van der Waals surface area (Å²) in [7, 11) is 1.90. The SMILES string of the molecule is CN(CCO)c1ccc2cc(N)ccc2n1. The Bertz CT molecular complexity index is 499. The average Bonchev–Trinajstić information content (AvgIpc) is 2.28. The molecule has 16 heavy (non-hydrogen) atoms. The highest BCUT2D eigenvalue weighted by atomic mass is 16.3. The van der Waals surface area contributed by atoms with Crippen molar-refractivity contribution in [1.82, 2.24) is 4.98 Å². The Labute approximate surface area is 94.3 Å². The molecule has 1 heterocycles. The standard InChI is InChI=1S/C12H15N3O/c1-15(6-7-16)12-5-2-9-8-10(13)3-4-11(9)14-12/h2-5,8,16H,6-7,13H2,1H3. The van der Waals surface area contributed by atoms with E-state index >= 15 is 0 Å². The second kappa shape index (κ2) is 4.37. The lowest BCUT2D eigenvalue weighted by molar-refractivity contribution is 0.304. The summed E-state index contributed by atoms with van der Waals surface area (Å²) in [5.41, 5.74) is 7.35. The molecule has 0 fully saturated rings. The van der Waals surface area contributed by atoms with Gasteiger partial charge in [0.05, 0.1) is 12.1 Å². The quantitative estimate of drug-likeness (QED) is 0.759. The Morgan fingerprint density at radius 2 is 2.12 bits per heavy atom. The summed E-state index contributed by atoms with van der Waals surface area (Å²) in [4.78, 5) is 6.41. The lowest BCUT2D eigenvalue weighted by Gasteiger charge is -2.16. The predicted octanol–water partition coefficient (Wildman–Crippen LogP) is 1.25. The van der Waals surface area contributed by atoms with E-state index in [-0.39, 0.29) is 6.61 Å². The number of nitrogens with zero attached hydrogens (tertiary/aromatic N) is 2. The van der Waals surface area contributed by atoms with Crippen LogP contribution in [0.5, 0.6) is 0 Å². The van der Waals surface area contributed by atoms with Crippen molar-refractivity contribution in [3.05, 3.63) is 30.3 Å². The summed E-state index contributed by atoms with van der Waals surface area (Å²) in [5.74, 6) is 0.853. The molecule has 0 atom stereocenters. The number of hydrogen-bond donors (Lipinski definition) is 2. The zero-order valence-corrected chi connectivity index (χ0v) is 9.22. The number of benzene rings is 1. The number of aromatic nitrogens is 1. The maximum Gasteiger partial charge on any atom is 0.129 e. The van der Waals surface area contributed by atoms with Gasteiger partial charge in [0.2, 0.25) is 0 Å². The van der Waals surface area contributed by atoms with Gasteiger partial charge in [0.15, 0.2) is 0 Å². The number of pyridine rings is 1. The van der Waals surface area contributed by atoms with E-state index in [0.29, 0.717) is 6.54 Å². The van der Waals surface area contributed by atoms with E-state index in [1.54, 1.807) is 0 Å². The zero-order chi connectivity index (χ0) is 11.5. The van der Waals surface area contributed by atoms with E-state index in [0.717, 1.165) is 22.4 Å². The molecule has 4 nitrogen and oxygen atoms in total. The maximum absolute atomic E-state index is 8.86. The van der Waals surface area contributed by atoms with Crippen LogP contribution in [0.3, 0.4) is 0 Å². The first-order valence-corrected chi connectivity index (χ1v) is 5.19. The van der Waals surface area contributed by atoms with Crippen LogP contribution in [0.1, 0.15) is 0 Å². The third kappa shape index (κ3) is 2.06. The van der Waals surface area contributed by atoms with Gasteiger partial charge in [-0.15, -0.1) is 0 Å². The lowest BCUT2D eigenvalue weighted by Crippen LogP contribution is -2.22. The molecular weight excluding hydrogens is 202 g/mol. The van der Waals surface area contributed by atoms with Gasteiger partial charge in [-0.3, -0.25) is 0 Å². The van der Waals surface area contributed by atoms with Gasteiger partial charge in [-0.2, -0.15) is 0 Å². The summed E-state index contributed by atoms with van der Waals surface area (Å²) >= 11 is 0. The van der Waals surface area contributed by atoms with E-state index in [2.05, 4.69) is 4.98 Å². The summed E-state index contributed by atoms with van der Waals surface area (Å²) in [6.45, 7) is 0.700. The molecule has 0 saturated heterocycles. The molecule has 2 rings (SSSR count). The first-order chi connectivity index (χ1) is 7.70. The second-order valence-corrected chi connectivity index (χ2v) is 3.77. The molecule has 0 radical (unpaired) electrons. The largest absolute Gasteiger partial charge is 0.399 e. The number of rotatable bonds is 3. The molecule has 0 saturated carbocycles. The average molecular weight is 217 g/mol. The Kier molecular flexibility index (Phi) is 2.92. The molecule has 1 aromatic carbocycles. The topological polar surface area (TPSA) is 62.4 Å². The van der Waals surface area contributed by atoms with Crippen LogP contribution in [-0.4, -0.2) is 30.3 Å². The third-order valence-corrected chi connectivity index (χ3v) is 2.53. The van der Waals surface area contributed by atoms with Crippen molar-refractivity contribution >= 4 is 22.4 Å². The fourth-order valence-corrected chi connectivity index (χ4v) is 1.61. The van der Waals surface area contributed by atoms with Gasteiger partial charge in [0.25, 0.3) is 0 Å². The number of likely N-dealkylation sites (N-methyl/N-ethyl adjacent to an activating group) is 1. The normalized spacial score (nSPS) is 10.6. The summed E-state index contributed by atoms with van der Waals surface area (Å²) in [6, 6.07) is 9.56. The molecular formula is C12H15N3O. The highest BCUT2D eigenvalue weighted by Crippen LogP contribution is 2.19. The zero-order valence-electron chi connectivity index (χ0n) is 9.22. The summed E-state index contributed by atoms with van der Waals surface area (Å²) in [6.07, 6.45) is 0. The molecule has 2 aromatic rings. The summed E-state index contributed by atoms with van der Waals surface area (Å²) in [5, 5.41) is 9.89. The number of aliphatic hydroxyl groups excluding tert-OH is 1. The van der Waals surface area contributed by atoms with Gasteiger partial charge in [0, 0.05) is 24.7 Å². The molecule has 1 aromatic heterocycles. The Hall–Kier alpha value is -1.81. The molecule has 0 unspecified atom stereocenters. The molecule has 3 N–H and O–H groups in total. The Morgan fingerprint density at radius 1 is 1.31 bits per heavy atom. The first kappa shape index (κ1) is 10.7. The first-order valence-electron chi connectivity index (χ1n) is 5.19. The fraction of sp³-hybridized carbons (Fsp3) is 0.250. The van der Waals surface area contributed by atoms with Crippen molar-refractivity contribution in [2.45, 2.75) is 0 Å². The van der Waals surface area contributed by atoms with Crippen molar-refractivity contribution in [3.63, 3.8) is 0 Å². The van der Waals surface area contributed by atoms with Crippen molar-refractivity contribution in [3.8, 4) is 0 Å². The van der Waals surface area contributed by atoms with Crippen molar-refractivity contribution < 1.29 is 5.11 Å². The van der Waals surface area contributed by atoms with Crippen molar-refractivity contribution in [1.29, 1.82) is 0 Å². The van der Waals surface area contributed by atoms with Gasteiger partial charge >= 0.3 is 0 Å².